The van der Waals surface area contributed by atoms with E-state index in [0.717, 1.165) is 6.54 Å². The van der Waals surface area contributed by atoms with Crippen molar-refractivity contribution in [2.45, 2.75) is 0 Å². The SMILES string of the molecule is CN(C)C/C=C(\B(c1ccccc1)c1ccccc1)c1ccccc1. The Morgan fingerprint density at radius 3 is 1.60 bits per heavy atom. The van der Waals surface area contributed by atoms with Crippen LogP contribution in [-0.4, -0.2) is 32.3 Å². The molecule has 0 heterocycles. The standard InChI is InChI=1S/C23H24BN/c1-25(2)19-18-23(20-12-6-3-7-13-20)24(21-14-8-4-9-15-21)22-16-10-5-11-17-22/h3-18H,19H2,1-2H3/b23-18-. The lowest BCUT2D eigenvalue weighted by Gasteiger charge is -2.20. The van der Waals surface area contributed by atoms with Crippen molar-refractivity contribution >= 4 is 23.1 Å². The monoisotopic (exact) mass is 325 g/mol. The first-order valence-corrected chi connectivity index (χ1v) is 8.76. The minimum atomic E-state index is 0.227. The second kappa shape index (κ2) is 8.50. The van der Waals surface area contributed by atoms with Gasteiger partial charge in [-0.2, -0.15) is 0 Å². The largest absolute Gasteiger partial charge is 0.306 e. The second-order valence-electron chi connectivity index (χ2n) is 6.54. The molecule has 0 N–H and O–H groups in total. The molecular weight excluding hydrogens is 301 g/mol. The minimum absolute atomic E-state index is 0.227. The van der Waals surface area contributed by atoms with Crippen molar-refractivity contribution in [3.63, 3.8) is 0 Å². The molecule has 0 aliphatic carbocycles. The van der Waals surface area contributed by atoms with Gasteiger partial charge in [0.15, 0.2) is 0 Å². The molecule has 0 amide bonds. The number of nitrogens with zero attached hydrogens (tertiary/aromatic N) is 1. The summed E-state index contributed by atoms with van der Waals surface area (Å²) in [5.41, 5.74) is 5.28. The van der Waals surface area contributed by atoms with Crippen molar-refractivity contribution in [2.75, 3.05) is 20.6 Å². The Kier molecular flexibility index (Phi) is 5.87. The molecule has 2 heteroatoms. The summed E-state index contributed by atoms with van der Waals surface area (Å²) in [5.74, 6) is 0. The van der Waals surface area contributed by atoms with E-state index in [2.05, 4.69) is 116 Å². The molecule has 0 bridgehead atoms. The first-order valence-electron chi connectivity index (χ1n) is 8.76. The van der Waals surface area contributed by atoms with E-state index in [0.29, 0.717) is 0 Å². The lowest BCUT2D eigenvalue weighted by atomic mass is 9.35. The maximum Gasteiger partial charge on any atom is 0.241 e. The van der Waals surface area contributed by atoms with Crippen LogP contribution in [0.3, 0.4) is 0 Å². The highest BCUT2D eigenvalue weighted by Crippen LogP contribution is 2.18. The third kappa shape index (κ3) is 4.49. The van der Waals surface area contributed by atoms with E-state index < -0.39 is 0 Å². The van der Waals surface area contributed by atoms with Gasteiger partial charge in [0.25, 0.3) is 0 Å². The summed E-state index contributed by atoms with van der Waals surface area (Å²) in [6.07, 6.45) is 2.36. The van der Waals surface area contributed by atoms with E-state index in [1.807, 2.05) is 0 Å². The fourth-order valence-corrected chi connectivity index (χ4v) is 3.16. The smallest absolute Gasteiger partial charge is 0.241 e. The Balaban J connectivity index is 2.15. The molecule has 1 nitrogen and oxygen atoms in total. The predicted molar refractivity (Wildman–Crippen MR) is 111 cm³/mol. The first kappa shape index (κ1) is 17.3. The highest BCUT2D eigenvalue weighted by Gasteiger charge is 2.24. The number of hydrogen-bond donors (Lipinski definition) is 0. The number of rotatable bonds is 6. The Bertz CT molecular complexity index is 756. The molecule has 124 valence electrons. The Morgan fingerprint density at radius 1 is 0.720 bits per heavy atom. The molecule has 0 aliphatic rings. The van der Waals surface area contributed by atoms with Crippen LogP contribution in [-0.2, 0) is 0 Å². The molecule has 0 saturated heterocycles. The minimum Gasteiger partial charge on any atom is -0.306 e. The van der Waals surface area contributed by atoms with E-state index in [4.69, 9.17) is 0 Å². The third-order valence-corrected chi connectivity index (χ3v) is 4.36. The van der Waals surface area contributed by atoms with Gasteiger partial charge in [0, 0.05) is 6.54 Å². The highest BCUT2D eigenvalue weighted by molar-refractivity contribution is 6.99. The zero-order valence-electron chi connectivity index (χ0n) is 15.0. The van der Waals surface area contributed by atoms with Crippen LogP contribution < -0.4 is 10.9 Å². The number of benzene rings is 3. The molecule has 0 saturated carbocycles. The molecule has 0 radical (unpaired) electrons. The summed E-state index contributed by atoms with van der Waals surface area (Å²) in [5, 5.41) is 0. The van der Waals surface area contributed by atoms with Crippen molar-refractivity contribution in [3.05, 3.63) is 103 Å². The average molecular weight is 325 g/mol. The van der Waals surface area contributed by atoms with Gasteiger partial charge in [-0.3, -0.25) is 0 Å². The van der Waals surface area contributed by atoms with E-state index in [1.54, 1.807) is 0 Å². The second-order valence-corrected chi connectivity index (χ2v) is 6.54. The molecule has 0 aliphatic heterocycles. The van der Waals surface area contributed by atoms with Crippen LogP contribution in [0.1, 0.15) is 5.56 Å². The Hall–Kier alpha value is -2.58. The molecule has 0 atom stereocenters. The van der Waals surface area contributed by atoms with Crippen LogP contribution in [0.15, 0.2) is 97.1 Å². The maximum absolute atomic E-state index is 2.36. The topological polar surface area (TPSA) is 3.24 Å². The summed E-state index contributed by atoms with van der Waals surface area (Å²) in [6.45, 7) is 1.14. The fourth-order valence-electron chi connectivity index (χ4n) is 3.16. The van der Waals surface area contributed by atoms with Gasteiger partial charge in [0.05, 0.1) is 0 Å². The molecule has 0 fully saturated rings. The molecule has 0 spiro atoms. The van der Waals surface area contributed by atoms with Crippen LogP contribution in [0.5, 0.6) is 0 Å². The quantitative estimate of drug-likeness (QED) is 0.627. The highest BCUT2D eigenvalue weighted by atomic mass is 15.0. The third-order valence-electron chi connectivity index (χ3n) is 4.36. The predicted octanol–water partition coefficient (Wildman–Crippen LogP) is 3.48. The van der Waals surface area contributed by atoms with E-state index in [1.165, 1.54) is 22.0 Å². The molecular formula is C23H24BN. The molecule has 0 aromatic heterocycles. The summed E-state index contributed by atoms with van der Waals surface area (Å²) in [6, 6.07) is 32.3. The Labute approximate surface area is 151 Å². The van der Waals surface area contributed by atoms with Crippen LogP contribution in [0.25, 0.3) is 5.47 Å². The normalized spacial score (nSPS) is 11.6. The van der Waals surface area contributed by atoms with Gasteiger partial charge in [-0.05, 0) is 19.7 Å². The fraction of sp³-hybridized carbons (Fsp3) is 0.130. The zero-order chi connectivity index (χ0) is 17.5. The Morgan fingerprint density at radius 2 is 1.16 bits per heavy atom. The molecule has 25 heavy (non-hydrogen) atoms. The summed E-state index contributed by atoms with van der Waals surface area (Å²) >= 11 is 0. The van der Waals surface area contributed by atoms with Crippen molar-refractivity contribution < 1.29 is 0 Å². The van der Waals surface area contributed by atoms with Gasteiger partial charge in [0.2, 0.25) is 6.71 Å². The van der Waals surface area contributed by atoms with Crippen LogP contribution in [0.2, 0.25) is 0 Å². The molecule has 3 aromatic rings. The van der Waals surface area contributed by atoms with Gasteiger partial charge in [-0.25, -0.2) is 0 Å². The molecule has 3 aromatic carbocycles. The van der Waals surface area contributed by atoms with E-state index in [-0.39, 0.29) is 6.71 Å². The zero-order valence-corrected chi connectivity index (χ0v) is 15.0. The van der Waals surface area contributed by atoms with Crippen LogP contribution in [0.4, 0.5) is 0 Å². The molecule has 3 rings (SSSR count). The number of likely N-dealkylation sites (N-methyl/N-ethyl adjacent to an activating group) is 1. The van der Waals surface area contributed by atoms with E-state index >= 15 is 0 Å². The van der Waals surface area contributed by atoms with Gasteiger partial charge in [0.1, 0.15) is 0 Å². The summed E-state index contributed by atoms with van der Waals surface area (Å²) in [4.78, 5) is 2.20. The van der Waals surface area contributed by atoms with Gasteiger partial charge in [-0.1, -0.05) is 113 Å². The average Bonchev–Trinajstić information content (AvgIpc) is 2.67. The molecule has 0 unspecified atom stereocenters. The van der Waals surface area contributed by atoms with Crippen LogP contribution >= 0.6 is 0 Å². The van der Waals surface area contributed by atoms with Gasteiger partial charge < -0.3 is 4.90 Å². The van der Waals surface area contributed by atoms with Crippen molar-refractivity contribution in [1.29, 1.82) is 0 Å². The first-order chi connectivity index (χ1) is 12.3. The van der Waals surface area contributed by atoms with Crippen molar-refractivity contribution in [2.24, 2.45) is 0 Å². The van der Waals surface area contributed by atoms with Crippen molar-refractivity contribution in [1.82, 2.24) is 4.90 Å². The summed E-state index contributed by atoms with van der Waals surface area (Å²) in [7, 11) is 4.22. The lowest BCUT2D eigenvalue weighted by Crippen LogP contribution is -2.43. The summed E-state index contributed by atoms with van der Waals surface area (Å²) < 4.78 is 0. The maximum atomic E-state index is 2.36. The number of hydrogen-bond acceptors (Lipinski definition) is 1. The van der Waals surface area contributed by atoms with Crippen LogP contribution in [0, 0.1) is 0 Å². The van der Waals surface area contributed by atoms with Gasteiger partial charge >= 0.3 is 0 Å². The van der Waals surface area contributed by atoms with E-state index in [9.17, 15) is 0 Å². The van der Waals surface area contributed by atoms with Crippen molar-refractivity contribution in [3.8, 4) is 0 Å². The lowest BCUT2D eigenvalue weighted by molar-refractivity contribution is 0.457. The van der Waals surface area contributed by atoms with Gasteiger partial charge in [-0.15, -0.1) is 0 Å².